The first-order valence-corrected chi connectivity index (χ1v) is 3.25. The molecule has 0 saturated heterocycles. The van der Waals surface area contributed by atoms with E-state index in [1.807, 2.05) is 0 Å². The predicted molar refractivity (Wildman–Crippen MR) is 58.1 cm³/mol. The molecule has 0 heterocycles. The van der Waals surface area contributed by atoms with Gasteiger partial charge in [0.2, 0.25) is 0 Å². The fourth-order valence-corrected chi connectivity index (χ4v) is 0.443. The molecule has 80 valence electrons. The van der Waals surface area contributed by atoms with Gasteiger partial charge in [0.1, 0.15) is 0 Å². The molecule has 0 rings (SSSR count). The van der Waals surface area contributed by atoms with Crippen LogP contribution >= 0.6 is 0 Å². The second-order valence-electron chi connectivity index (χ2n) is 2.07. The second kappa shape index (κ2) is 14.4. The van der Waals surface area contributed by atoms with Crippen LogP contribution in [0.2, 0.25) is 0 Å². The SMILES string of the molecule is O=C(O)CCC(=O)OC(O)C(=O)O.[NaH].[NaH].[NaH]. The number of carbonyl (C=O) groups is 3. The van der Waals surface area contributed by atoms with Gasteiger partial charge >= 0.3 is 107 Å². The summed E-state index contributed by atoms with van der Waals surface area (Å²) in [7, 11) is 0. The number of hydrogen-bond acceptors (Lipinski definition) is 5. The Kier molecular flexibility index (Phi) is 23.5. The van der Waals surface area contributed by atoms with Crippen molar-refractivity contribution in [1.82, 2.24) is 0 Å². The number of rotatable bonds is 5. The third-order valence-corrected chi connectivity index (χ3v) is 0.997. The molecule has 0 aromatic heterocycles. The van der Waals surface area contributed by atoms with Crippen LogP contribution in [0, 0.1) is 0 Å². The minimum absolute atomic E-state index is 0. The van der Waals surface area contributed by atoms with Gasteiger partial charge in [-0.05, 0) is 0 Å². The molecular formula is C6H11Na3O7. The molecule has 7 nitrogen and oxygen atoms in total. The van der Waals surface area contributed by atoms with Crippen molar-refractivity contribution in [3.8, 4) is 0 Å². The van der Waals surface area contributed by atoms with E-state index in [2.05, 4.69) is 4.74 Å². The van der Waals surface area contributed by atoms with Crippen LogP contribution in [0.25, 0.3) is 0 Å². The zero-order valence-electron chi connectivity index (χ0n) is 6.47. The molecule has 0 aliphatic heterocycles. The van der Waals surface area contributed by atoms with Crippen molar-refractivity contribution in [1.29, 1.82) is 0 Å². The van der Waals surface area contributed by atoms with Crippen molar-refractivity contribution in [2.24, 2.45) is 0 Å². The molecule has 0 aliphatic carbocycles. The fraction of sp³-hybridized carbons (Fsp3) is 0.500. The summed E-state index contributed by atoms with van der Waals surface area (Å²) in [6.07, 6.45) is -3.17. The molecule has 0 amide bonds. The Morgan fingerprint density at radius 2 is 1.44 bits per heavy atom. The number of aliphatic hydroxyl groups is 1. The van der Waals surface area contributed by atoms with Crippen LogP contribution in [-0.4, -0.2) is 128 Å². The van der Waals surface area contributed by atoms with Crippen LogP contribution in [0.3, 0.4) is 0 Å². The summed E-state index contributed by atoms with van der Waals surface area (Å²) in [5.74, 6) is -3.98. The molecule has 1 unspecified atom stereocenters. The van der Waals surface area contributed by atoms with Gasteiger partial charge in [0, 0.05) is 0 Å². The number of hydrogen-bond donors (Lipinski definition) is 3. The molecule has 16 heavy (non-hydrogen) atoms. The van der Waals surface area contributed by atoms with Gasteiger partial charge in [0.25, 0.3) is 6.29 Å². The Labute approximate surface area is 158 Å². The maximum absolute atomic E-state index is 10.6. The monoisotopic (exact) mass is 264 g/mol. The zero-order chi connectivity index (χ0) is 10.4. The van der Waals surface area contributed by atoms with Gasteiger partial charge in [-0.3, -0.25) is 9.59 Å². The molecule has 0 aliphatic rings. The van der Waals surface area contributed by atoms with Gasteiger partial charge in [-0.25, -0.2) is 4.79 Å². The number of ether oxygens (including phenoxy) is 1. The van der Waals surface area contributed by atoms with Crippen LogP contribution in [0.15, 0.2) is 0 Å². The standard InChI is InChI=1S/C6H8O7.3Na.3H/c7-3(8)1-2-4(9)13-6(12)5(10)11;;;;;;/h6,12H,1-2H2,(H,7,8)(H,10,11);;;;;;. The van der Waals surface area contributed by atoms with Crippen LogP contribution in [0.1, 0.15) is 12.8 Å². The van der Waals surface area contributed by atoms with E-state index in [1.165, 1.54) is 0 Å². The minimum atomic E-state index is -2.23. The molecule has 0 aromatic carbocycles. The van der Waals surface area contributed by atoms with Crippen LogP contribution in [-0.2, 0) is 19.1 Å². The van der Waals surface area contributed by atoms with Crippen molar-refractivity contribution in [2.75, 3.05) is 0 Å². The molecule has 0 spiro atoms. The van der Waals surface area contributed by atoms with Crippen molar-refractivity contribution in [2.45, 2.75) is 19.1 Å². The number of carboxylic acids is 2. The fourth-order valence-electron chi connectivity index (χ4n) is 0.443. The molecular weight excluding hydrogens is 253 g/mol. The van der Waals surface area contributed by atoms with Crippen molar-refractivity contribution < 1.29 is 34.4 Å². The van der Waals surface area contributed by atoms with Crippen LogP contribution in [0.4, 0.5) is 0 Å². The zero-order valence-corrected chi connectivity index (χ0v) is 6.47. The van der Waals surface area contributed by atoms with E-state index >= 15 is 0 Å². The average Bonchev–Trinajstić information content (AvgIpc) is 2.00. The number of aliphatic carboxylic acids is 2. The molecule has 0 fully saturated rings. The molecule has 0 aromatic rings. The maximum atomic E-state index is 10.6. The number of aliphatic hydroxyl groups excluding tert-OH is 1. The normalized spacial score (nSPS) is 9.56. The van der Waals surface area contributed by atoms with Gasteiger partial charge in [-0.15, -0.1) is 0 Å². The van der Waals surface area contributed by atoms with Crippen LogP contribution in [0.5, 0.6) is 0 Å². The number of carbonyl (C=O) groups excluding carboxylic acids is 1. The average molecular weight is 264 g/mol. The Morgan fingerprint density at radius 3 is 1.75 bits per heavy atom. The molecule has 1 atom stereocenters. The van der Waals surface area contributed by atoms with E-state index in [9.17, 15) is 14.4 Å². The molecule has 10 heteroatoms. The summed E-state index contributed by atoms with van der Waals surface area (Å²) in [5.41, 5.74) is 0. The van der Waals surface area contributed by atoms with E-state index in [-0.39, 0.29) is 88.7 Å². The van der Waals surface area contributed by atoms with E-state index in [1.54, 1.807) is 0 Å². The molecule has 3 N–H and O–H groups in total. The van der Waals surface area contributed by atoms with Crippen molar-refractivity contribution >= 4 is 107 Å². The summed E-state index contributed by atoms with van der Waals surface area (Å²) in [4.78, 5) is 30.4. The molecule has 0 saturated carbocycles. The Balaban J connectivity index is -0.000000240. The van der Waals surface area contributed by atoms with E-state index in [0.717, 1.165) is 0 Å². The Morgan fingerprint density at radius 1 is 1.00 bits per heavy atom. The first kappa shape index (κ1) is 26.0. The van der Waals surface area contributed by atoms with Crippen LogP contribution < -0.4 is 0 Å². The third kappa shape index (κ3) is 15.4. The molecule has 0 radical (unpaired) electrons. The van der Waals surface area contributed by atoms with Gasteiger partial charge in [-0.1, -0.05) is 0 Å². The summed E-state index contributed by atoms with van der Waals surface area (Å²) in [6, 6.07) is 0. The second-order valence-corrected chi connectivity index (χ2v) is 2.07. The third-order valence-electron chi connectivity index (χ3n) is 0.997. The summed E-state index contributed by atoms with van der Waals surface area (Å²) in [6.45, 7) is 0. The van der Waals surface area contributed by atoms with Crippen molar-refractivity contribution in [3.05, 3.63) is 0 Å². The van der Waals surface area contributed by atoms with Gasteiger partial charge in [0.15, 0.2) is 0 Å². The number of esters is 1. The topological polar surface area (TPSA) is 121 Å². The Bertz CT molecular complexity index is 232. The van der Waals surface area contributed by atoms with Crippen molar-refractivity contribution in [3.63, 3.8) is 0 Å². The Hall–Kier alpha value is 1.37. The first-order valence-electron chi connectivity index (χ1n) is 3.25. The van der Waals surface area contributed by atoms with Gasteiger partial charge in [0.05, 0.1) is 12.8 Å². The predicted octanol–water partition coefficient (Wildman–Crippen LogP) is -3.15. The number of carboxylic acid groups (broad SMARTS) is 2. The summed E-state index contributed by atoms with van der Waals surface area (Å²) in [5, 5.41) is 24.7. The molecule has 0 bridgehead atoms. The van der Waals surface area contributed by atoms with E-state index in [4.69, 9.17) is 15.3 Å². The quantitative estimate of drug-likeness (QED) is 0.272. The summed E-state index contributed by atoms with van der Waals surface area (Å²) < 4.78 is 3.92. The van der Waals surface area contributed by atoms with Gasteiger partial charge < -0.3 is 20.1 Å². The summed E-state index contributed by atoms with van der Waals surface area (Å²) >= 11 is 0. The van der Waals surface area contributed by atoms with E-state index in [0.29, 0.717) is 0 Å². The first-order chi connectivity index (χ1) is 5.93. The van der Waals surface area contributed by atoms with Gasteiger partial charge in [-0.2, -0.15) is 0 Å². The van der Waals surface area contributed by atoms with E-state index < -0.39 is 37.0 Å².